The topological polar surface area (TPSA) is 86.1 Å². The number of aromatic nitrogens is 3. The molecule has 0 aliphatic heterocycles. The number of hydrogen-bond acceptors (Lipinski definition) is 5. The number of alkyl halides is 2. The minimum atomic E-state index is -2.92. The van der Waals surface area contributed by atoms with Crippen molar-refractivity contribution >= 4 is 16.8 Å². The maximum Gasteiger partial charge on any atom is 0.387 e. The molecular formula is C18H15F3N4O3. The highest BCUT2D eigenvalue weighted by Crippen LogP contribution is 2.19. The van der Waals surface area contributed by atoms with Gasteiger partial charge in [0.2, 0.25) is 5.91 Å². The molecule has 3 rings (SSSR count). The fraction of sp³-hybridized carbons (Fsp3) is 0.222. The third-order valence-electron chi connectivity index (χ3n) is 3.96. The van der Waals surface area contributed by atoms with Crippen molar-refractivity contribution in [3.8, 4) is 5.75 Å². The van der Waals surface area contributed by atoms with E-state index in [1.807, 2.05) is 0 Å². The molecule has 1 N–H and O–H groups in total. The zero-order valence-electron chi connectivity index (χ0n) is 14.6. The molecule has 2 aromatic carbocycles. The average molecular weight is 392 g/mol. The van der Waals surface area contributed by atoms with Gasteiger partial charge in [0.1, 0.15) is 23.6 Å². The van der Waals surface area contributed by atoms with Crippen LogP contribution >= 0.6 is 0 Å². The predicted octanol–water partition coefficient (Wildman–Crippen LogP) is 2.41. The van der Waals surface area contributed by atoms with Crippen LogP contribution in [0.15, 0.2) is 47.3 Å². The largest absolute Gasteiger partial charge is 0.435 e. The third kappa shape index (κ3) is 4.45. The van der Waals surface area contributed by atoms with E-state index in [1.165, 1.54) is 30.3 Å². The summed E-state index contributed by atoms with van der Waals surface area (Å²) >= 11 is 0. The Labute approximate surface area is 156 Å². The maximum absolute atomic E-state index is 13.3. The van der Waals surface area contributed by atoms with Gasteiger partial charge in [-0.1, -0.05) is 17.3 Å². The Morgan fingerprint density at radius 3 is 2.61 bits per heavy atom. The standard InChI is InChI=1S/C18H15F3N4O3/c1-10(11-2-5-13(6-3-11)28-18(20)21)22-16(26)9-25-17(27)14-8-12(19)4-7-15(14)23-24-25/h2-8,10,18H,9H2,1H3,(H,22,26). The van der Waals surface area contributed by atoms with Gasteiger partial charge in [-0.25, -0.2) is 9.07 Å². The Morgan fingerprint density at radius 1 is 1.21 bits per heavy atom. The summed E-state index contributed by atoms with van der Waals surface area (Å²) in [5, 5.41) is 10.2. The first-order valence-corrected chi connectivity index (χ1v) is 8.20. The van der Waals surface area contributed by atoms with E-state index in [9.17, 15) is 22.8 Å². The van der Waals surface area contributed by atoms with Gasteiger partial charge in [-0.15, -0.1) is 5.10 Å². The number of amides is 1. The van der Waals surface area contributed by atoms with Crippen molar-refractivity contribution in [2.45, 2.75) is 26.1 Å². The molecule has 3 aromatic rings. The maximum atomic E-state index is 13.3. The number of fused-ring (bicyclic) bond motifs is 1. The molecule has 0 fully saturated rings. The highest BCUT2D eigenvalue weighted by molar-refractivity contribution is 5.78. The smallest absolute Gasteiger partial charge is 0.387 e. The molecule has 0 aliphatic carbocycles. The molecule has 0 saturated carbocycles. The fourth-order valence-corrected chi connectivity index (χ4v) is 2.60. The van der Waals surface area contributed by atoms with Crippen molar-refractivity contribution in [1.29, 1.82) is 0 Å². The van der Waals surface area contributed by atoms with Crippen molar-refractivity contribution in [3.05, 3.63) is 64.2 Å². The second-order valence-electron chi connectivity index (χ2n) is 5.95. The van der Waals surface area contributed by atoms with Crippen LogP contribution in [-0.2, 0) is 11.3 Å². The van der Waals surface area contributed by atoms with Crippen LogP contribution in [0.1, 0.15) is 18.5 Å². The number of rotatable bonds is 6. The number of carbonyl (C=O) groups excluding carboxylic acids is 1. The van der Waals surface area contributed by atoms with Crippen molar-refractivity contribution in [3.63, 3.8) is 0 Å². The number of hydrogen-bond donors (Lipinski definition) is 1. The summed E-state index contributed by atoms with van der Waals surface area (Å²) in [7, 11) is 0. The zero-order chi connectivity index (χ0) is 20.3. The molecule has 0 bridgehead atoms. The molecule has 0 aliphatic rings. The van der Waals surface area contributed by atoms with Gasteiger partial charge in [-0.2, -0.15) is 8.78 Å². The second-order valence-corrected chi connectivity index (χ2v) is 5.95. The number of nitrogens with zero attached hydrogens (tertiary/aromatic N) is 3. The first kappa shape index (κ1) is 19.3. The van der Waals surface area contributed by atoms with Gasteiger partial charge in [0.25, 0.3) is 5.56 Å². The van der Waals surface area contributed by atoms with Crippen LogP contribution in [0, 0.1) is 5.82 Å². The molecule has 1 unspecified atom stereocenters. The van der Waals surface area contributed by atoms with Gasteiger partial charge >= 0.3 is 6.61 Å². The monoisotopic (exact) mass is 392 g/mol. The summed E-state index contributed by atoms with van der Waals surface area (Å²) in [5.74, 6) is -1.11. The Morgan fingerprint density at radius 2 is 1.93 bits per heavy atom. The predicted molar refractivity (Wildman–Crippen MR) is 93.4 cm³/mol. The normalized spacial score (nSPS) is 12.2. The van der Waals surface area contributed by atoms with Crippen molar-refractivity contribution in [2.24, 2.45) is 0 Å². The summed E-state index contributed by atoms with van der Waals surface area (Å²) in [5.41, 5.74) is 0.234. The highest BCUT2D eigenvalue weighted by Gasteiger charge is 2.14. The number of benzene rings is 2. The highest BCUT2D eigenvalue weighted by atomic mass is 19.3. The molecule has 0 radical (unpaired) electrons. The van der Waals surface area contributed by atoms with E-state index in [2.05, 4.69) is 20.4 Å². The van der Waals surface area contributed by atoms with Gasteiger partial charge in [0.15, 0.2) is 0 Å². The Kier molecular flexibility index (Phi) is 5.57. The van der Waals surface area contributed by atoms with Gasteiger partial charge in [-0.05, 0) is 42.8 Å². The van der Waals surface area contributed by atoms with Gasteiger partial charge < -0.3 is 10.1 Å². The molecule has 1 heterocycles. The van der Waals surface area contributed by atoms with E-state index in [4.69, 9.17) is 0 Å². The lowest BCUT2D eigenvalue weighted by molar-refractivity contribution is -0.122. The summed E-state index contributed by atoms with van der Waals surface area (Å²) in [6.07, 6.45) is 0. The Bertz CT molecular complexity index is 1050. The van der Waals surface area contributed by atoms with Crippen LogP contribution < -0.4 is 15.6 Å². The average Bonchev–Trinajstić information content (AvgIpc) is 2.64. The SMILES string of the molecule is CC(NC(=O)Cn1nnc2ccc(F)cc2c1=O)c1ccc(OC(F)F)cc1. The summed E-state index contributed by atoms with van der Waals surface area (Å²) in [6.45, 7) is -1.64. The first-order chi connectivity index (χ1) is 13.3. The third-order valence-corrected chi connectivity index (χ3v) is 3.96. The lowest BCUT2D eigenvalue weighted by atomic mass is 10.1. The fourth-order valence-electron chi connectivity index (χ4n) is 2.60. The lowest BCUT2D eigenvalue weighted by Gasteiger charge is -2.15. The van der Waals surface area contributed by atoms with Crippen LogP contribution in [-0.4, -0.2) is 27.5 Å². The van der Waals surface area contributed by atoms with Crippen LogP contribution in [0.2, 0.25) is 0 Å². The van der Waals surface area contributed by atoms with E-state index in [1.54, 1.807) is 6.92 Å². The van der Waals surface area contributed by atoms with E-state index < -0.39 is 36.5 Å². The summed E-state index contributed by atoms with van der Waals surface area (Å²) in [4.78, 5) is 24.6. The van der Waals surface area contributed by atoms with Crippen molar-refractivity contribution in [2.75, 3.05) is 0 Å². The molecule has 28 heavy (non-hydrogen) atoms. The van der Waals surface area contributed by atoms with Gasteiger partial charge in [-0.3, -0.25) is 9.59 Å². The van der Waals surface area contributed by atoms with Crippen LogP contribution in [0.4, 0.5) is 13.2 Å². The molecular weight excluding hydrogens is 377 g/mol. The van der Waals surface area contributed by atoms with Crippen LogP contribution in [0.3, 0.4) is 0 Å². The summed E-state index contributed by atoms with van der Waals surface area (Å²) in [6, 6.07) is 8.85. The molecule has 1 atom stereocenters. The van der Waals surface area contributed by atoms with Gasteiger partial charge in [0.05, 0.1) is 11.4 Å². The minimum Gasteiger partial charge on any atom is -0.435 e. The van der Waals surface area contributed by atoms with Crippen molar-refractivity contribution in [1.82, 2.24) is 20.3 Å². The minimum absolute atomic E-state index is 0.00231. The van der Waals surface area contributed by atoms with Gasteiger partial charge in [0, 0.05) is 0 Å². The molecule has 0 saturated heterocycles. The number of halogens is 3. The molecule has 1 aromatic heterocycles. The summed E-state index contributed by atoms with van der Waals surface area (Å²) < 4.78 is 42.8. The van der Waals surface area contributed by atoms with Crippen LogP contribution in [0.25, 0.3) is 10.9 Å². The Balaban J connectivity index is 1.69. The van der Waals surface area contributed by atoms with E-state index in [0.29, 0.717) is 5.56 Å². The Hall–Kier alpha value is -3.43. The van der Waals surface area contributed by atoms with E-state index in [0.717, 1.165) is 16.8 Å². The van der Waals surface area contributed by atoms with Crippen molar-refractivity contribution < 1.29 is 22.7 Å². The zero-order valence-corrected chi connectivity index (χ0v) is 14.6. The molecule has 7 nitrogen and oxygen atoms in total. The van der Waals surface area contributed by atoms with E-state index in [-0.39, 0.29) is 16.7 Å². The lowest BCUT2D eigenvalue weighted by Crippen LogP contribution is -2.35. The van der Waals surface area contributed by atoms with Crippen LogP contribution in [0.5, 0.6) is 5.75 Å². The second kappa shape index (κ2) is 8.07. The number of ether oxygens (including phenoxy) is 1. The van der Waals surface area contributed by atoms with E-state index >= 15 is 0 Å². The number of nitrogens with one attached hydrogen (secondary N) is 1. The number of carbonyl (C=O) groups is 1. The molecule has 10 heteroatoms. The first-order valence-electron chi connectivity index (χ1n) is 8.20. The molecule has 146 valence electrons. The molecule has 1 amide bonds. The molecule has 0 spiro atoms. The quantitative estimate of drug-likeness (QED) is 0.696.